The van der Waals surface area contributed by atoms with Gasteiger partial charge in [0.05, 0.1) is 5.69 Å². The zero-order valence-electron chi connectivity index (χ0n) is 30.0. The number of aromatic nitrogens is 1. The minimum atomic E-state index is -0.571. The van der Waals surface area contributed by atoms with Gasteiger partial charge < -0.3 is 20.7 Å². The quantitative estimate of drug-likeness (QED) is 0.0750. The molecule has 1 unspecified atom stereocenters. The van der Waals surface area contributed by atoms with Gasteiger partial charge in [0, 0.05) is 27.1 Å². The third kappa shape index (κ3) is 10.3. The van der Waals surface area contributed by atoms with Gasteiger partial charge in [-0.2, -0.15) is 0 Å². The molecule has 3 N–H and O–H groups in total. The second-order valence-electron chi connectivity index (χ2n) is 12.5. The van der Waals surface area contributed by atoms with E-state index in [2.05, 4.69) is 20.9 Å². The summed E-state index contributed by atoms with van der Waals surface area (Å²) in [5.74, 6) is -0.442. The zero-order chi connectivity index (χ0) is 38.5. The Morgan fingerprint density at radius 2 is 1.32 bits per heavy atom. The molecule has 6 aromatic carbocycles. The average Bonchev–Trinajstić information content (AvgIpc) is 3.72. The molecule has 0 aliphatic rings. The molecule has 1 atom stereocenters. The highest BCUT2D eigenvalue weighted by atomic mass is 32.2. The minimum absolute atomic E-state index is 0.0636. The van der Waals surface area contributed by atoms with Crippen molar-refractivity contribution >= 4 is 57.7 Å². The van der Waals surface area contributed by atoms with E-state index in [1.165, 1.54) is 23.1 Å². The number of thiazole rings is 1. The van der Waals surface area contributed by atoms with Gasteiger partial charge in [-0.05, 0) is 71.3 Å². The number of amides is 3. The van der Waals surface area contributed by atoms with Gasteiger partial charge in [-0.15, -0.1) is 23.1 Å². The molecular formula is C46H36N4O4S2. The molecule has 0 saturated carbocycles. The Hall–Kier alpha value is -6.75. The molecule has 7 rings (SSSR count). The highest BCUT2D eigenvalue weighted by Crippen LogP contribution is 2.37. The number of carbonyl (C=O) groups excluding carboxylic acids is 3. The molecule has 0 saturated heterocycles. The van der Waals surface area contributed by atoms with Crippen LogP contribution in [0.1, 0.15) is 32.3 Å². The third-order valence-electron chi connectivity index (χ3n) is 8.48. The average molecular weight is 773 g/mol. The Balaban J connectivity index is 1.04. The van der Waals surface area contributed by atoms with Crippen LogP contribution in [-0.4, -0.2) is 22.7 Å². The summed E-state index contributed by atoms with van der Waals surface area (Å²) in [4.78, 5) is 46.1. The van der Waals surface area contributed by atoms with E-state index in [-0.39, 0.29) is 11.6 Å². The smallest absolute Gasteiger partial charge is 0.272 e. The lowest BCUT2D eigenvalue weighted by molar-refractivity contribution is -0.116. The molecule has 0 spiro atoms. The van der Waals surface area contributed by atoms with Crippen molar-refractivity contribution < 1.29 is 19.1 Å². The third-order valence-corrected chi connectivity index (χ3v) is 10.5. The summed E-state index contributed by atoms with van der Waals surface area (Å²) in [6.45, 7) is 0.427. The summed E-state index contributed by atoms with van der Waals surface area (Å²) in [5, 5.41) is 10.6. The standard InChI is InChI=1S/C46H36N4O4S2/c51-43(36-19-11-4-12-20-36)48-40(29-32-21-25-38(26-22-32)54-30-33-13-5-1-6-14-33)44(52)47-37-23-27-39(28-24-37)56-42(35-17-9-3-10-18-35)45(53)50-46-49-41(31-55-46)34-15-7-2-8-16-34/h1-29,31,42H,30H2,(H,47,52)(H,48,51)(H,49,50,53)/b40-29-. The molecule has 1 aromatic heterocycles. The summed E-state index contributed by atoms with van der Waals surface area (Å²) in [7, 11) is 0. The predicted molar refractivity (Wildman–Crippen MR) is 225 cm³/mol. The van der Waals surface area contributed by atoms with E-state index in [4.69, 9.17) is 4.74 Å². The molecule has 0 aliphatic heterocycles. The lowest BCUT2D eigenvalue weighted by Crippen LogP contribution is -2.30. The number of benzene rings is 6. The largest absolute Gasteiger partial charge is 0.489 e. The number of hydrogen-bond donors (Lipinski definition) is 3. The lowest BCUT2D eigenvalue weighted by Gasteiger charge is -2.17. The summed E-state index contributed by atoms with van der Waals surface area (Å²) in [5.41, 5.74) is 5.36. The van der Waals surface area contributed by atoms with Gasteiger partial charge in [-0.25, -0.2) is 4.98 Å². The van der Waals surface area contributed by atoms with Gasteiger partial charge in [0.1, 0.15) is 23.3 Å². The zero-order valence-corrected chi connectivity index (χ0v) is 31.6. The number of rotatable bonds is 14. The first-order valence-corrected chi connectivity index (χ1v) is 19.5. The number of anilines is 2. The van der Waals surface area contributed by atoms with Crippen molar-refractivity contribution in [2.45, 2.75) is 16.8 Å². The van der Waals surface area contributed by atoms with Gasteiger partial charge in [0.25, 0.3) is 11.8 Å². The number of thioether (sulfide) groups is 1. The van der Waals surface area contributed by atoms with Crippen LogP contribution in [0.15, 0.2) is 186 Å². The first-order chi connectivity index (χ1) is 27.5. The number of nitrogens with zero attached hydrogens (tertiary/aromatic N) is 1. The molecular weight excluding hydrogens is 737 g/mol. The van der Waals surface area contributed by atoms with Crippen LogP contribution in [0.25, 0.3) is 17.3 Å². The van der Waals surface area contributed by atoms with Gasteiger partial charge in [-0.3, -0.25) is 14.4 Å². The van der Waals surface area contributed by atoms with Crippen molar-refractivity contribution in [3.8, 4) is 17.0 Å². The van der Waals surface area contributed by atoms with Gasteiger partial charge in [0.2, 0.25) is 5.91 Å². The monoisotopic (exact) mass is 772 g/mol. The molecule has 3 amide bonds. The van der Waals surface area contributed by atoms with E-state index in [1.807, 2.05) is 139 Å². The Labute approximate surface area is 333 Å². The summed E-state index contributed by atoms with van der Waals surface area (Å²) in [6, 6.07) is 52.5. The van der Waals surface area contributed by atoms with Crippen LogP contribution >= 0.6 is 23.1 Å². The number of nitrogens with one attached hydrogen (secondary N) is 3. The second-order valence-corrected chi connectivity index (χ2v) is 14.5. The maximum Gasteiger partial charge on any atom is 0.272 e. The van der Waals surface area contributed by atoms with Gasteiger partial charge in [0.15, 0.2) is 5.13 Å². The maximum atomic E-state index is 13.7. The molecule has 56 heavy (non-hydrogen) atoms. The second kappa shape index (κ2) is 18.5. The van der Waals surface area contributed by atoms with E-state index >= 15 is 0 Å². The van der Waals surface area contributed by atoms with Crippen molar-refractivity contribution in [1.29, 1.82) is 0 Å². The minimum Gasteiger partial charge on any atom is -0.489 e. The van der Waals surface area contributed by atoms with Crippen molar-refractivity contribution in [1.82, 2.24) is 10.3 Å². The van der Waals surface area contributed by atoms with E-state index in [0.29, 0.717) is 34.3 Å². The normalized spacial score (nSPS) is 11.6. The molecule has 7 aromatic rings. The number of ether oxygens (including phenoxy) is 1. The van der Waals surface area contributed by atoms with Crippen LogP contribution in [0.3, 0.4) is 0 Å². The van der Waals surface area contributed by atoms with Crippen LogP contribution in [0.2, 0.25) is 0 Å². The molecule has 0 aliphatic carbocycles. The fourth-order valence-corrected chi connectivity index (χ4v) is 7.35. The molecule has 8 nitrogen and oxygen atoms in total. The Bertz CT molecular complexity index is 2410. The molecule has 1 heterocycles. The van der Waals surface area contributed by atoms with Crippen LogP contribution in [-0.2, 0) is 16.2 Å². The van der Waals surface area contributed by atoms with Crippen LogP contribution in [0.4, 0.5) is 10.8 Å². The molecule has 0 bridgehead atoms. The first kappa shape index (κ1) is 37.6. The maximum absolute atomic E-state index is 13.7. The predicted octanol–water partition coefficient (Wildman–Crippen LogP) is 10.3. The highest BCUT2D eigenvalue weighted by molar-refractivity contribution is 8.00. The number of hydrogen-bond acceptors (Lipinski definition) is 7. The van der Waals surface area contributed by atoms with Crippen LogP contribution < -0.4 is 20.7 Å². The Kier molecular flexibility index (Phi) is 12.4. The molecule has 276 valence electrons. The highest BCUT2D eigenvalue weighted by Gasteiger charge is 2.24. The van der Waals surface area contributed by atoms with E-state index in [9.17, 15) is 14.4 Å². The van der Waals surface area contributed by atoms with E-state index in [1.54, 1.807) is 42.5 Å². The molecule has 0 radical (unpaired) electrons. The van der Waals surface area contributed by atoms with E-state index < -0.39 is 17.1 Å². The van der Waals surface area contributed by atoms with Crippen molar-refractivity contribution in [3.63, 3.8) is 0 Å². The van der Waals surface area contributed by atoms with Crippen molar-refractivity contribution in [2.75, 3.05) is 10.6 Å². The van der Waals surface area contributed by atoms with Crippen molar-refractivity contribution in [3.05, 3.63) is 203 Å². The van der Waals surface area contributed by atoms with Gasteiger partial charge >= 0.3 is 0 Å². The van der Waals surface area contributed by atoms with Gasteiger partial charge in [-0.1, -0.05) is 121 Å². The summed E-state index contributed by atoms with van der Waals surface area (Å²) in [6.07, 6.45) is 1.62. The summed E-state index contributed by atoms with van der Waals surface area (Å²) < 4.78 is 5.92. The van der Waals surface area contributed by atoms with E-state index in [0.717, 1.165) is 27.3 Å². The van der Waals surface area contributed by atoms with Crippen LogP contribution in [0, 0.1) is 0 Å². The number of carbonyl (C=O) groups is 3. The topological polar surface area (TPSA) is 109 Å². The SMILES string of the molecule is O=C(Nc1ccc(SC(C(=O)Nc2nc(-c3ccccc3)cs2)c2ccccc2)cc1)/C(=C/c1ccc(OCc2ccccc2)cc1)NC(=O)c1ccccc1. The fraction of sp³-hybridized carbons (Fsp3) is 0.0435. The fourth-order valence-electron chi connectivity index (χ4n) is 5.61. The van der Waals surface area contributed by atoms with Crippen LogP contribution in [0.5, 0.6) is 5.75 Å². The molecule has 0 fully saturated rings. The summed E-state index contributed by atoms with van der Waals surface area (Å²) >= 11 is 2.77. The Morgan fingerprint density at radius 3 is 2.00 bits per heavy atom. The Morgan fingerprint density at radius 1 is 0.696 bits per heavy atom. The first-order valence-electron chi connectivity index (χ1n) is 17.8. The lowest BCUT2D eigenvalue weighted by atomic mass is 10.1. The van der Waals surface area contributed by atoms with Crippen molar-refractivity contribution in [2.24, 2.45) is 0 Å². The molecule has 10 heteroatoms.